The molecule has 2 aromatic heterocycles. The standard InChI is InChI=1S/C20H21FN4OS/c1-2-23-20(25-12-16-7-9-27-14-16)24-11-15-5-6-19(18(21)10-15)26-17-4-3-8-22-13-17/h3-10,13-14H,2,11-12H2,1H3,(H2,23,24,25). The Morgan fingerprint density at radius 1 is 1.22 bits per heavy atom. The maximum absolute atomic E-state index is 14.3. The highest BCUT2D eigenvalue weighted by molar-refractivity contribution is 7.07. The molecular weight excluding hydrogens is 363 g/mol. The van der Waals surface area contributed by atoms with Gasteiger partial charge in [0, 0.05) is 19.3 Å². The Labute approximate surface area is 162 Å². The Morgan fingerprint density at radius 3 is 2.85 bits per heavy atom. The molecule has 0 spiro atoms. The highest BCUT2D eigenvalue weighted by atomic mass is 32.1. The van der Waals surface area contributed by atoms with E-state index in [0.717, 1.165) is 12.1 Å². The van der Waals surface area contributed by atoms with Crippen LogP contribution in [0.4, 0.5) is 4.39 Å². The second kappa shape index (κ2) is 9.68. The Kier molecular flexibility index (Phi) is 6.76. The fraction of sp³-hybridized carbons (Fsp3) is 0.200. The van der Waals surface area contributed by atoms with Crippen LogP contribution in [-0.4, -0.2) is 17.5 Å². The number of nitrogens with zero attached hydrogens (tertiary/aromatic N) is 2. The van der Waals surface area contributed by atoms with Crippen LogP contribution in [0.1, 0.15) is 18.1 Å². The summed E-state index contributed by atoms with van der Waals surface area (Å²) in [4.78, 5) is 8.50. The molecule has 0 atom stereocenters. The van der Waals surface area contributed by atoms with Crippen molar-refractivity contribution in [2.45, 2.75) is 20.0 Å². The van der Waals surface area contributed by atoms with Gasteiger partial charge >= 0.3 is 0 Å². The van der Waals surface area contributed by atoms with E-state index in [1.807, 2.05) is 24.4 Å². The summed E-state index contributed by atoms with van der Waals surface area (Å²) < 4.78 is 19.8. The molecule has 3 rings (SSSR count). The molecule has 0 aliphatic heterocycles. The summed E-state index contributed by atoms with van der Waals surface area (Å²) in [6, 6.07) is 10.4. The number of aliphatic imine (C=N–C) groups is 1. The van der Waals surface area contributed by atoms with Gasteiger partial charge < -0.3 is 15.4 Å². The van der Waals surface area contributed by atoms with Gasteiger partial charge in [-0.15, -0.1) is 0 Å². The maximum atomic E-state index is 14.3. The first-order valence-corrected chi connectivity index (χ1v) is 9.58. The van der Waals surface area contributed by atoms with Crippen molar-refractivity contribution >= 4 is 17.3 Å². The quantitative estimate of drug-likeness (QED) is 0.470. The predicted octanol–water partition coefficient (Wildman–Crippen LogP) is 4.33. The van der Waals surface area contributed by atoms with Gasteiger partial charge in [0.1, 0.15) is 5.75 Å². The van der Waals surface area contributed by atoms with Gasteiger partial charge in [0.05, 0.1) is 12.7 Å². The molecule has 3 aromatic rings. The smallest absolute Gasteiger partial charge is 0.191 e. The van der Waals surface area contributed by atoms with E-state index in [-0.39, 0.29) is 5.75 Å². The third-order valence-corrected chi connectivity index (χ3v) is 4.39. The van der Waals surface area contributed by atoms with Crippen LogP contribution in [0, 0.1) is 5.82 Å². The summed E-state index contributed by atoms with van der Waals surface area (Å²) in [6.07, 6.45) is 3.18. The van der Waals surface area contributed by atoms with E-state index in [1.54, 1.807) is 41.9 Å². The molecular formula is C20H21FN4OS. The van der Waals surface area contributed by atoms with Crippen LogP contribution in [0.3, 0.4) is 0 Å². The predicted molar refractivity (Wildman–Crippen MR) is 107 cm³/mol. The molecule has 0 fully saturated rings. The molecule has 0 unspecified atom stereocenters. The molecule has 0 aliphatic carbocycles. The number of hydrogen-bond acceptors (Lipinski definition) is 4. The molecule has 2 heterocycles. The molecule has 140 valence electrons. The first-order valence-electron chi connectivity index (χ1n) is 8.64. The number of aromatic nitrogens is 1. The Balaban J connectivity index is 1.60. The Morgan fingerprint density at radius 2 is 2.15 bits per heavy atom. The third kappa shape index (κ3) is 5.79. The van der Waals surface area contributed by atoms with Crippen molar-refractivity contribution in [1.82, 2.24) is 15.6 Å². The van der Waals surface area contributed by atoms with Gasteiger partial charge in [0.2, 0.25) is 0 Å². The summed E-state index contributed by atoms with van der Waals surface area (Å²) in [6.45, 7) is 3.82. The lowest BCUT2D eigenvalue weighted by Gasteiger charge is -2.12. The zero-order valence-electron chi connectivity index (χ0n) is 15.0. The summed E-state index contributed by atoms with van der Waals surface area (Å²) in [5, 5.41) is 10.5. The van der Waals surface area contributed by atoms with Gasteiger partial charge in [-0.2, -0.15) is 11.3 Å². The van der Waals surface area contributed by atoms with E-state index in [0.29, 0.717) is 24.8 Å². The van der Waals surface area contributed by atoms with Crippen LogP contribution in [0.15, 0.2) is 64.5 Å². The number of hydrogen-bond donors (Lipinski definition) is 2. The maximum Gasteiger partial charge on any atom is 0.191 e. The van der Waals surface area contributed by atoms with Crippen molar-refractivity contribution in [2.75, 3.05) is 6.54 Å². The first kappa shape index (κ1) is 18.8. The fourth-order valence-corrected chi connectivity index (χ4v) is 3.01. The monoisotopic (exact) mass is 384 g/mol. The number of ether oxygens (including phenoxy) is 1. The van der Waals surface area contributed by atoms with Crippen molar-refractivity contribution in [3.05, 3.63) is 76.5 Å². The molecule has 0 amide bonds. The van der Waals surface area contributed by atoms with E-state index in [9.17, 15) is 4.39 Å². The SMILES string of the molecule is CCNC(=NCc1ccsc1)NCc1ccc(Oc2cccnc2)c(F)c1. The molecule has 27 heavy (non-hydrogen) atoms. The van der Waals surface area contributed by atoms with Gasteiger partial charge in [-0.1, -0.05) is 6.07 Å². The molecule has 0 saturated heterocycles. The van der Waals surface area contributed by atoms with E-state index < -0.39 is 5.82 Å². The Hall–Kier alpha value is -2.93. The van der Waals surface area contributed by atoms with Crippen molar-refractivity contribution < 1.29 is 9.13 Å². The van der Waals surface area contributed by atoms with Gasteiger partial charge in [-0.05, 0) is 59.1 Å². The lowest BCUT2D eigenvalue weighted by Crippen LogP contribution is -2.36. The van der Waals surface area contributed by atoms with Crippen LogP contribution in [0.2, 0.25) is 0 Å². The molecule has 0 radical (unpaired) electrons. The van der Waals surface area contributed by atoms with Crippen molar-refractivity contribution in [2.24, 2.45) is 4.99 Å². The van der Waals surface area contributed by atoms with Gasteiger partial charge in [-0.25, -0.2) is 9.38 Å². The highest BCUT2D eigenvalue weighted by Crippen LogP contribution is 2.24. The summed E-state index contributed by atoms with van der Waals surface area (Å²) in [7, 11) is 0. The average molecular weight is 384 g/mol. The number of nitrogens with one attached hydrogen (secondary N) is 2. The number of guanidine groups is 1. The lowest BCUT2D eigenvalue weighted by molar-refractivity contribution is 0.440. The molecule has 0 saturated carbocycles. The lowest BCUT2D eigenvalue weighted by atomic mass is 10.2. The van der Waals surface area contributed by atoms with Crippen LogP contribution in [0.5, 0.6) is 11.5 Å². The van der Waals surface area contributed by atoms with E-state index in [2.05, 4.69) is 26.0 Å². The van der Waals surface area contributed by atoms with Gasteiger partial charge in [0.15, 0.2) is 17.5 Å². The van der Waals surface area contributed by atoms with Crippen molar-refractivity contribution in [3.8, 4) is 11.5 Å². The topological polar surface area (TPSA) is 58.5 Å². The summed E-state index contributed by atoms with van der Waals surface area (Å²) >= 11 is 1.65. The zero-order chi connectivity index (χ0) is 18.9. The highest BCUT2D eigenvalue weighted by Gasteiger charge is 2.07. The molecule has 0 bridgehead atoms. The van der Waals surface area contributed by atoms with Crippen LogP contribution in [-0.2, 0) is 13.1 Å². The molecule has 0 aliphatic rings. The summed E-state index contributed by atoms with van der Waals surface area (Å²) in [5.41, 5.74) is 1.97. The second-order valence-electron chi connectivity index (χ2n) is 5.74. The minimum Gasteiger partial charge on any atom is -0.453 e. The van der Waals surface area contributed by atoms with Gasteiger partial charge in [0.25, 0.3) is 0 Å². The molecule has 2 N–H and O–H groups in total. The minimum atomic E-state index is -0.418. The third-order valence-electron chi connectivity index (χ3n) is 3.66. The number of rotatable bonds is 7. The van der Waals surface area contributed by atoms with Crippen molar-refractivity contribution in [1.29, 1.82) is 0 Å². The minimum absolute atomic E-state index is 0.171. The number of thiophene rings is 1. The fourth-order valence-electron chi connectivity index (χ4n) is 2.35. The van der Waals surface area contributed by atoms with E-state index in [1.165, 1.54) is 11.6 Å². The van der Waals surface area contributed by atoms with E-state index >= 15 is 0 Å². The number of pyridine rings is 1. The second-order valence-corrected chi connectivity index (χ2v) is 6.52. The number of benzene rings is 1. The van der Waals surface area contributed by atoms with Crippen LogP contribution >= 0.6 is 11.3 Å². The van der Waals surface area contributed by atoms with Crippen LogP contribution in [0.25, 0.3) is 0 Å². The normalized spacial score (nSPS) is 11.3. The molecule has 1 aromatic carbocycles. The van der Waals surface area contributed by atoms with Crippen molar-refractivity contribution in [3.63, 3.8) is 0 Å². The Bertz CT molecular complexity index is 869. The number of halogens is 1. The molecule has 5 nitrogen and oxygen atoms in total. The zero-order valence-corrected chi connectivity index (χ0v) is 15.8. The average Bonchev–Trinajstić information content (AvgIpc) is 3.20. The van der Waals surface area contributed by atoms with E-state index in [4.69, 9.17) is 4.74 Å². The van der Waals surface area contributed by atoms with Gasteiger partial charge in [-0.3, -0.25) is 4.98 Å². The molecule has 7 heteroatoms. The van der Waals surface area contributed by atoms with Crippen LogP contribution < -0.4 is 15.4 Å². The largest absolute Gasteiger partial charge is 0.453 e. The first-order chi connectivity index (χ1) is 13.2. The summed E-state index contributed by atoms with van der Waals surface area (Å²) in [5.74, 6) is 0.945.